The molecular weight excluding hydrogens is 386 g/mol. The molecule has 0 saturated carbocycles. The molecule has 3 rings (SSSR count). The molecule has 1 aromatic rings. The molecule has 0 unspecified atom stereocenters. The van der Waals surface area contributed by atoms with Crippen LogP contribution in [0, 0.1) is 0 Å². The largest absolute Gasteiger partial charge is 0.348 e. The Bertz CT molecular complexity index is 758. The first kappa shape index (κ1) is 20.7. The van der Waals surface area contributed by atoms with Crippen LogP contribution in [0.2, 0.25) is 0 Å². The monoisotopic (exact) mass is 415 g/mol. The summed E-state index contributed by atoms with van der Waals surface area (Å²) >= 11 is 1.35. The van der Waals surface area contributed by atoms with Crippen molar-refractivity contribution in [2.24, 2.45) is 5.73 Å². The molecule has 1 amide bonds. The smallest absolute Gasteiger partial charge is 0.282 e. The van der Waals surface area contributed by atoms with Gasteiger partial charge >= 0.3 is 0 Å². The van der Waals surface area contributed by atoms with E-state index in [1.165, 1.54) is 11.5 Å². The van der Waals surface area contributed by atoms with Crippen molar-refractivity contribution in [3.05, 3.63) is 16.6 Å². The van der Waals surface area contributed by atoms with Gasteiger partial charge < -0.3 is 11.1 Å². The van der Waals surface area contributed by atoms with Gasteiger partial charge in [-0.3, -0.25) is 4.79 Å². The normalized spacial score (nSPS) is 26.2. The van der Waals surface area contributed by atoms with Crippen LogP contribution in [0.3, 0.4) is 0 Å². The first-order valence-corrected chi connectivity index (χ1v) is 11.8. The highest BCUT2D eigenvalue weighted by Gasteiger charge is 2.38. The molecule has 8 nitrogen and oxygen atoms in total. The fourth-order valence-electron chi connectivity index (χ4n) is 3.73. The number of nitrogens with one attached hydrogen (secondary N) is 1. The Hall–Kier alpha value is -1.07. The lowest BCUT2D eigenvalue weighted by atomic mass is 10.0. The van der Waals surface area contributed by atoms with E-state index in [1.807, 2.05) is 19.9 Å². The molecule has 2 saturated heterocycles. The lowest BCUT2D eigenvalue weighted by molar-refractivity contribution is 0.0908. The van der Waals surface area contributed by atoms with Crippen molar-refractivity contribution in [1.82, 2.24) is 18.3 Å². The van der Waals surface area contributed by atoms with Gasteiger partial charge in [-0.2, -0.15) is 21.4 Å². The number of rotatable bonds is 5. The van der Waals surface area contributed by atoms with Crippen LogP contribution in [0.1, 0.15) is 54.9 Å². The Balaban J connectivity index is 1.57. The van der Waals surface area contributed by atoms with Crippen LogP contribution in [0.15, 0.2) is 6.07 Å². The predicted molar refractivity (Wildman–Crippen MR) is 106 cm³/mol. The molecule has 3 N–H and O–H groups in total. The van der Waals surface area contributed by atoms with Crippen LogP contribution >= 0.6 is 11.5 Å². The second-order valence-electron chi connectivity index (χ2n) is 7.43. The summed E-state index contributed by atoms with van der Waals surface area (Å²) in [5, 5.41) is 3.01. The molecule has 10 heteroatoms. The summed E-state index contributed by atoms with van der Waals surface area (Å²) in [6.45, 7) is 5.31. The lowest BCUT2D eigenvalue weighted by Crippen LogP contribution is -2.56. The highest BCUT2D eigenvalue weighted by Crippen LogP contribution is 2.25. The second-order valence-corrected chi connectivity index (χ2v) is 10.2. The molecule has 0 radical (unpaired) electrons. The fraction of sp³-hybridized carbons (Fsp3) is 0.765. The van der Waals surface area contributed by atoms with Crippen molar-refractivity contribution in [3.8, 4) is 0 Å². The summed E-state index contributed by atoms with van der Waals surface area (Å²) < 4.78 is 33.2. The number of nitrogens with zero attached hydrogens (tertiary/aromatic N) is 3. The Kier molecular flexibility index (Phi) is 6.52. The van der Waals surface area contributed by atoms with Crippen molar-refractivity contribution >= 4 is 27.6 Å². The number of aryl methyl sites for hydroxylation is 1. The van der Waals surface area contributed by atoms with Gasteiger partial charge in [-0.05, 0) is 56.6 Å². The van der Waals surface area contributed by atoms with Gasteiger partial charge in [0.1, 0.15) is 5.69 Å². The minimum atomic E-state index is -3.47. The zero-order chi connectivity index (χ0) is 19.6. The highest BCUT2D eigenvalue weighted by molar-refractivity contribution is 7.86. The molecule has 0 spiro atoms. The van der Waals surface area contributed by atoms with E-state index < -0.39 is 10.2 Å². The number of nitrogens with two attached hydrogens (primary N) is 1. The van der Waals surface area contributed by atoms with Gasteiger partial charge in [0, 0.05) is 42.6 Å². The maximum Gasteiger partial charge on any atom is 0.282 e. The summed E-state index contributed by atoms with van der Waals surface area (Å²) in [4.78, 5) is 13.5. The number of carbonyl (C=O) groups is 1. The predicted octanol–water partition coefficient (Wildman–Crippen LogP) is 0.956. The van der Waals surface area contributed by atoms with Gasteiger partial charge in [0.15, 0.2) is 0 Å². The van der Waals surface area contributed by atoms with Crippen LogP contribution in [-0.2, 0) is 16.6 Å². The van der Waals surface area contributed by atoms with E-state index in [-0.39, 0.29) is 24.0 Å². The molecule has 27 heavy (non-hydrogen) atoms. The zero-order valence-corrected chi connectivity index (χ0v) is 17.6. The number of aromatic nitrogens is 1. The number of hydrogen-bond acceptors (Lipinski definition) is 6. The molecule has 0 aliphatic carbocycles. The summed E-state index contributed by atoms with van der Waals surface area (Å²) in [6, 6.07) is 1.71. The number of piperidine rings is 2. The summed E-state index contributed by atoms with van der Waals surface area (Å²) in [6.07, 6.45) is 3.47. The first-order chi connectivity index (χ1) is 12.8. The van der Waals surface area contributed by atoms with E-state index >= 15 is 0 Å². The van der Waals surface area contributed by atoms with Crippen LogP contribution < -0.4 is 11.1 Å². The van der Waals surface area contributed by atoms with Crippen LogP contribution in [-0.4, -0.2) is 65.1 Å². The maximum atomic E-state index is 13.0. The van der Waals surface area contributed by atoms with E-state index in [0.29, 0.717) is 51.0 Å². The minimum Gasteiger partial charge on any atom is -0.348 e. The van der Waals surface area contributed by atoms with E-state index in [4.69, 9.17) is 5.73 Å². The van der Waals surface area contributed by atoms with Crippen molar-refractivity contribution in [1.29, 1.82) is 0 Å². The standard InChI is InChI=1S/C17H29N5O3S2/c1-3-15-11-16(20-26-15)17(23)19-14-6-9-22(12(2)10-14)27(24,25)21-7-4-13(18)5-8-21/h11-14H,3-10,18H2,1-2H3,(H,19,23)/t12-,14+/m0/s1. The molecule has 0 bridgehead atoms. The quantitative estimate of drug-likeness (QED) is 0.744. The molecule has 2 aliphatic heterocycles. The van der Waals surface area contributed by atoms with E-state index in [2.05, 4.69) is 9.69 Å². The van der Waals surface area contributed by atoms with E-state index in [9.17, 15) is 13.2 Å². The first-order valence-electron chi connectivity index (χ1n) is 9.60. The molecule has 2 atom stereocenters. The van der Waals surface area contributed by atoms with Gasteiger partial charge in [0.2, 0.25) is 0 Å². The van der Waals surface area contributed by atoms with Crippen LogP contribution in [0.5, 0.6) is 0 Å². The lowest BCUT2D eigenvalue weighted by Gasteiger charge is -2.40. The van der Waals surface area contributed by atoms with Crippen molar-refractivity contribution in [3.63, 3.8) is 0 Å². The minimum absolute atomic E-state index is 0.0412. The number of amides is 1. The molecule has 2 aliphatic rings. The van der Waals surface area contributed by atoms with Gasteiger partial charge in [0.25, 0.3) is 16.1 Å². The van der Waals surface area contributed by atoms with E-state index in [0.717, 1.165) is 11.3 Å². The Morgan fingerprint density at radius 1 is 1.33 bits per heavy atom. The van der Waals surface area contributed by atoms with Crippen molar-refractivity contribution in [2.75, 3.05) is 19.6 Å². The number of carbonyl (C=O) groups excluding carboxylic acids is 1. The molecule has 1 aromatic heterocycles. The van der Waals surface area contributed by atoms with Gasteiger partial charge in [-0.1, -0.05) is 6.92 Å². The maximum absolute atomic E-state index is 13.0. The highest BCUT2D eigenvalue weighted by atomic mass is 32.2. The topological polar surface area (TPSA) is 109 Å². The molecule has 0 aromatic carbocycles. The zero-order valence-electron chi connectivity index (χ0n) is 15.9. The fourth-order valence-corrected chi connectivity index (χ4v) is 6.22. The number of hydrogen-bond donors (Lipinski definition) is 2. The van der Waals surface area contributed by atoms with E-state index in [1.54, 1.807) is 8.61 Å². The summed E-state index contributed by atoms with van der Waals surface area (Å²) in [7, 11) is -3.47. The van der Waals surface area contributed by atoms with Crippen LogP contribution in [0.25, 0.3) is 0 Å². The third-order valence-corrected chi connectivity index (χ3v) is 8.49. The van der Waals surface area contributed by atoms with Gasteiger partial charge in [0.05, 0.1) is 0 Å². The van der Waals surface area contributed by atoms with Gasteiger partial charge in [-0.15, -0.1) is 0 Å². The average molecular weight is 416 g/mol. The molecular formula is C17H29N5O3S2. The molecule has 152 valence electrons. The third kappa shape index (κ3) is 4.68. The third-order valence-electron chi connectivity index (χ3n) is 5.41. The van der Waals surface area contributed by atoms with Crippen molar-refractivity contribution in [2.45, 2.75) is 64.1 Å². The summed E-state index contributed by atoms with van der Waals surface area (Å²) in [5.41, 5.74) is 6.34. The average Bonchev–Trinajstić information content (AvgIpc) is 3.11. The Morgan fingerprint density at radius 2 is 2.04 bits per heavy atom. The SMILES string of the molecule is CCc1cc(C(=O)N[C@@H]2CCN(S(=O)(=O)N3CCC(N)CC3)[C@@H](C)C2)ns1. The second kappa shape index (κ2) is 8.52. The molecule has 2 fully saturated rings. The van der Waals surface area contributed by atoms with Crippen molar-refractivity contribution < 1.29 is 13.2 Å². The van der Waals surface area contributed by atoms with Crippen LogP contribution in [0.4, 0.5) is 0 Å². The Morgan fingerprint density at radius 3 is 2.63 bits per heavy atom. The summed E-state index contributed by atoms with van der Waals surface area (Å²) in [5.74, 6) is -0.176. The molecule has 3 heterocycles. The van der Waals surface area contributed by atoms with Gasteiger partial charge in [-0.25, -0.2) is 0 Å². The Labute approximate surface area is 165 Å².